The van der Waals surface area contributed by atoms with E-state index in [0.29, 0.717) is 12.8 Å². The van der Waals surface area contributed by atoms with Gasteiger partial charge in [-0.1, -0.05) is 32.4 Å². The summed E-state index contributed by atoms with van der Waals surface area (Å²) in [5, 5.41) is 19.5. The molecule has 2 N–H and O–H groups in total. The van der Waals surface area contributed by atoms with E-state index in [9.17, 15) is 15.0 Å². The predicted molar refractivity (Wildman–Crippen MR) is 78.0 cm³/mol. The molecule has 0 fully saturated rings. The number of hydrogen-bond acceptors (Lipinski definition) is 3. The molecule has 4 heteroatoms. The number of hydrogen-bond donors (Lipinski definition) is 2. The van der Waals surface area contributed by atoms with Crippen molar-refractivity contribution in [3.8, 4) is 5.75 Å². The monoisotopic (exact) mass is 280 g/mol. The summed E-state index contributed by atoms with van der Waals surface area (Å²) in [7, 11) is 1.62. The first-order valence-electron chi connectivity index (χ1n) is 7.02. The second kappa shape index (κ2) is 7.29. The molecule has 112 valence electrons. The number of rotatable bonds is 8. The number of methoxy groups -OCH3 is 1. The fourth-order valence-electron chi connectivity index (χ4n) is 2.36. The molecule has 0 saturated heterocycles. The van der Waals surface area contributed by atoms with E-state index < -0.39 is 11.6 Å². The standard InChI is InChI=1S/C16H24O4/c1-4-11-16(19,15(17)18)12(2)5-6-13-7-9-14(20-3)10-8-13/h7-10,12,19H,4-6,11H2,1-3H3,(H,17,18). The molecule has 0 amide bonds. The van der Waals surface area contributed by atoms with Crippen molar-refractivity contribution >= 4 is 5.97 Å². The lowest BCUT2D eigenvalue weighted by Gasteiger charge is -2.29. The average Bonchev–Trinajstić information content (AvgIpc) is 2.45. The zero-order chi connectivity index (χ0) is 15.2. The second-order valence-electron chi connectivity index (χ2n) is 5.27. The molecule has 1 rings (SSSR count). The smallest absolute Gasteiger partial charge is 0.335 e. The molecule has 0 heterocycles. The third-order valence-corrected chi connectivity index (χ3v) is 3.84. The molecule has 0 radical (unpaired) electrons. The van der Waals surface area contributed by atoms with Crippen molar-refractivity contribution in [1.82, 2.24) is 0 Å². The van der Waals surface area contributed by atoms with Crippen LogP contribution in [0.15, 0.2) is 24.3 Å². The Labute approximate surface area is 120 Å². The lowest BCUT2D eigenvalue weighted by atomic mass is 9.81. The van der Waals surface area contributed by atoms with Gasteiger partial charge in [-0.05, 0) is 42.9 Å². The highest BCUT2D eigenvalue weighted by Gasteiger charge is 2.40. The average molecular weight is 280 g/mol. The van der Waals surface area contributed by atoms with Gasteiger partial charge in [-0.25, -0.2) is 4.79 Å². The van der Waals surface area contributed by atoms with Crippen LogP contribution in [-0.4, -0.2) is 28.9 Å². The van der Waals surface area contributed by atoms with Crippen LogP contribution in [0.1, 0.15) is 38.7 Å². The lowest BCUT2D eigenvalue weighted by molar-refractivity contribution is -0.165. The number of benzene rings is 1. The van der Waals surface area contributed by atoms with Crippen molar-refractivity contribution in [2.24, 2.45) is 5.92 Å². The highest BCUT2D eigenvalue weighted by atomic mass is 16.5. The van der Waals surface area contributed by atoms with Crippen LogP contribution in [0.3, 0.4) is 0 Å². The predicted octanol–water partition coefficient (Wildman–Crippen LogP) is 2.88. The van der Waals surface area contributed by atoms with Crippen LogP contribution in [-0.2, 0) is 11.2 Å². The molecular formula is C16H24O4. The maximum absolute atomic E-state index is 11.3. The topological polar surface area (TPSA) is 66.8 Å². The minimum Gasteiger partial charge on any atom is -0.497 e. The van der Waals surface area contributed by atoms with Gasteiger partial charge in [-0.15, -0.1) is 0 Å². The van der Waals surface area contributed by atoms with E-state index in [-0.39, 0.29) is 12.3 Å². The summed E-state index contributed by atoms with van der Waals surface area (Å²) in [5.74, 6) is -0.613. The van der Waals surface area contributed by atoms with Gasteiger partial charge in [0.2, 0.25) is 0 Å². The molecule has 0 aromatic heterocycles. The van der Waals surface area contributed by atoms with Crippen LogP contribution in [0.2, 0.25) is 0 Å². The number of aryl methyl sites for hydroxylation is 1. The molecule has 1 aromatic rings. The van der Waals surface area contributed by atoms with E-state index in [2.05, 4.69) is 0 Å². The van der Waals surface area contributed by atoms with E-state index in [4.69, 9.17) is 4.74 Å². The number of ether oxygens (including phenoxy) is 1. The van der Waals surface area contributed by atoms with Crippen LogP contribution in [0, 0.1) is 5.92 Å². The van der Waals surface area contributed by atoms with Crippen molar-refractivity contribution in [1.29, 1.82) is 0 Å². The van der Waals surface area contributed by atoms with Crippen LogP contribution in [0.5, 0.6) is 5.75 Å². The van der Waals surface area contributed by atoms with Gasteiger partial charge in [0.1, 0.15) is 5.75 Å². The number of carbonyl (C=O) groups is 1. The number of aliphatic carboxylic acids is 1. The molecule has 1 aromatic carbocycles. The molecule has 0 aliphatic heterocycles. The Kier molecular flexibility index (Phi) is 6.02. The van der Waals surface area contributed by atoms with Gasteiger partial charge in [0, 0.05) is 0 Å². The van der Waals surface area contributed by atoms with Gasteiger partial charge in [-0.3, -0.25) is 0 Å². The van der Waals surface area contributed by atoms with Crippen LogP contribution in [0.4, 0.5) is 0 Å². The van der Waals surface area contributed by atoms with Gasteiger partial charge in [-0.2, -0.15) is 0 Å². The van der Waals surface area contributed by atoms with Crippen molar-refractivity contribution < 1.29 is 19.7 Å². The molecule has 0 bridgehead atoms. The molecule has 2 unspecified atom stereocenters. The van der Waals surface area contributed by atoms with E-state index in [1.54, 1.807) is 14.0 Å². The highest BCUT2D eigenvalue weighted by Crippen LogP contribution is 2.27. The molecule has 20 heavy (non-hydrogen) atoms. The summed E-state index contributed by atoms with van der Waals surface area (Å²) in [6, 6.07) is 7.70. The zero-order valence-electron chi connectivity index (χ0n) is 12.4. The Morgan fingerprint density at radius 3 is 2.40 bits per heavy atom. The summed E-state index contributed by atoms with van der Waals surface area (Å²) in [4.78, 5) is 11.3. The normalized spacial score (nSPS) is 15.4. The van der Waals surface area contributed by atoms with Crippen molar-refractivity contribution in [2.45, 2.75) is 45.1 Å². The lowest BCUT2D eigenvalue weighted by Crippen LogP contribution is -2.44. The van der Waals surface area contributed by atoms with E-state index >= 15 is 0 Å². The maximum atomic E-state index is 11.3. The summed E-state index contributed by atoms with van der Waals surface area (Å²) in [5.41, 5.74) is -0.511. The Morgan fingerprint density at radius 1 is 1.35 bits per heavy atom. The van der Waals surface area contributed by atoms with Gasteiger partial charge in [0.25, 0.3) is 0 Å². The van der Waals surface area contributed by atoms with E-state index in [0.717, 1.165) is 17.7 Å². The SMILES string of the molecule is CCCC(O)(C(=O)O)C(C)CCc1ccc(OC)cc1. The summed E-state index contributed by atoms with van der Waals surface area (Å²) in [6.07, 6.45) is 2.31. The molecule has 2 atom stereocenters. The number of carboxylic acids is 1. The molecule has 4 nitrogen and oxygen atoms in total. The zero-order valence-corrected chi connectivity index (χ0v) is 12.4. The molecule has 0 spiro atoms. The van der Waals surface area contributed by atoms with E-state index in [1.807, 2.05) is 31.2 Å². The third kappa shape index (κ3) is 3.97. The summed E-state index contributed by atoms with van der Waals surface area (Å²) >= 11 is 0. The Balaban J connectivity index is 2.64. The fourth-order valence-corrected chi connectivity index (χ4v) is 2.36. The van der Waals surface area contributed by atoms with E-state index in [1.165, 1.54) is 0 Å². The van der Waals surface area contributed by atoms with Crippen LogP contribution in [0.25, 0.3) is 0 Å². The Bertz CT molecular complexity index is 427. The third-order valence-electron chi connectivity index (χ3n) is 3.84. The molecule has 0 saturated carbocycles. The Morgan fingerprint density at radius 2 is 1.95 bits per heavy atom. The summed E-state index contributed by atoms with van der Waals surface area (Å²) < 4.78 is 5.09. The van der Waals surface area contributed by atoms with Gasteiger partial charge in [0.05, 0.1) is 7.11 Å². The largest absolute Gasteiger partial charge is 0.497 e. The first-order valence-corrected chi connectivity index (χ1v) is 7.02. The minimum absolute atomic E-state index is 0.284. The molecular weight excluding hydrogens is 256 g/mol. The first kappa shape index (κ1) is 16.5. The van der Waals surface area contributed by atoms with Crippen molar-refractivity contribution in [3.63, 3.8) is 0 Å². The maximum Gasteiger partial charge on any atom is 0.335 e. The van der Waals surface area contributed by atoms with Gasteiger partial charge in [0.15, 0.2) is 5.60 Å². The Hall–Kier alpha value is -1.55. The number of carboxylic acid groups (broad SMARTS) is 1. The van der Waals surface area contributed by atoms with Crippen LogP contribution >= 0.6 is 0 Å². The highest BCUT2D eigenvalue weighted by molar-refractivity contribution is 5.77. The molecule has 0 aliphatic carbocycles. The van der Waals surface area contributed by atoms with Crippen molar-refractivity contribution in [2.75, 3.05) is 7.11 Å². The van der Waals surface area contributed by atoms with Gasteiger partial charge < -0.3 is 14.9 Å². The van der Waals surface area contributed by atoms with Crippen LogP contribution < -0.4 is 4.74 Å². The summed E-state index contributed by atoms with van der Waals surface area (Å²) in [6.45, 7) is 3.68. The van der Waals surface area contributed by atoms with Gasteiger partial charge >= 0.3 is 5.97 Å². The fraction of sp³-hybridized carbons (Fsp3) is 0.562. The number of aliphatic hydroxyl groups is 1. The first-order chi connectivity index (χ1) is 9.43. The minimum atomic E-state index is -1.62. The quantitative estimate of drug-likeness (QED) is 0.768. The molecule has 0 aliphatic rings. The second-order valence-corrected chi connectivity index (χ2v) is 5.27. The van der Waals surface area contributed by atoms with Crippen molar-refractivity contribution in [3.05, 3.63) is 29.8 Å².